The van der Waals surface area contributed by atoms with E-state index in [0.717, 1.165) is 12.1 Å². The van der Waals surface area contributed by atoms with E-state index in [-0.39, 0.29) is 0 Å². The molecule has 0 aliphatic rings. The monoisotopic (exact) mass is 474 g/mol. The molecule has 0 radical (unpaired) electrons. The molecule has 0 unspecified atom stereocenters. The number of alkyl halides is 8. The molecule has 0 aliphatic carbocycles. The molecule has 2 aromatic rings. The molecular weight excluding hydrogens is 466 g/mol. The number of hydrogen-bond acceptors (Lipinski definition) is 0. The summed E-state index contributed by atoms with van der Waals surface area (Å²) in [7, 11) is 0. The minimum absolute atomic E-state index is 0.400. The van der Waals surface area contributed by atoms with E-state index in [1.165, 1.54) is 12.1 Å². The first-order valence-electron chi connectivity index (χ1n) is 6.59. The zero-order valence-electron chi connectivity index (χ0n) is 11.8. The van der Waals surface area contributed by atoms with Crippen LogP contribution < -0.4 is 0 Å². The van der Waals surface area contributed by atoms with Crippen molar-refractivity contribution in [2.45, 2.75) is 22.0 Å². The molecule has 8 heteroatoms. The molecule has 0 amide bonds. The van der Waals surface area contributed by atoms with E-state index in [2.05, 4.69) is 31.9 Å². The smallest absolute Gasteiger partial charge is 0.194 e. The molecule has 130 valence electrons. The van der Waals surface area contributed by atoms with Crippen LogP contribution in [0.15, 0.2) is 48.5 Å². The van der Waals surface area contributed by atoms with Gasteiger partial charge in [-0.2, -0.15) is 26.3 Å². The van der Waals surface area contributed by atoms with E-state index < -0.39 is 33.4 Å². The Hall–Kier alpha value is -1.02. The summed E-state index contributed by atoms with van der Waals surface area (Å²) in [6, 6.07) is 6.97. The molecule has 0 aliphatic heterocycles. The van der Waals surface area contributed by atoms with Crippen LogP contribution in [0.2, 0.25) is 0 Å². The highest BCUT2D eigenvalue weighted by Gasteiger charge is 2.58. The maximum absolute atomic E-state index is 14.3. The Bertz CT molecular complexity index is 690. The van der Waals surface area contributed by atoms with Gasteiger partial charge in [-0.15, -0.1) is 0 Å². The summed E-state index contributed by atoms with van der Waals surface area (Å²) < 4.78 is 83.1. The van der Waals surface area contributed by atoms with Crippen molar-refractivity contribution >= 4 is 31.9 Å². The molecule has 0 heterocycles. The maximum Gasteiger partial charge on any atom is 0.339 e. The van der Waals surface area contributed by atoms with Crippen LogP contribution >= 0.6 is 31.9 Å². The number of rotatable bonds is 5. The van der Waals surface area contributed by atoms with Gasteiger partial charge in [0.2, 0.25) is 0 Å². The predicted octanol–water partition coefficient (Wildman–Crippen LogP) is 6.91. The molecule has 0 nitrogen and oxygen atoms in total. The lowest BCUT2D eigenvalue weighted by Gasteiger charge is -2.27. The highest BCUT2D eigenvalue weighted by Crippen LogP contribution is 2.50. The number of hydrogen-bond donors (Lipinski definition) is 0. The van der Waals surface area contributed by atoms with Crippen molar-refractivity contribution < 1.29 is 26.3 Å². The summed E-state index contributed by atoms with van der Waals surface area (Å²) >= 11 is 5.21. The van der Waals surface area contributed by atoms with E-state index in [9.17, 15) is 26.3 Å². The minimum Gasteiger partial charge on any atom is -0.194 e. The van der Waals surface area contributed by atoms with Crippen molar-refractivity contribution in [1.29, 1.82) is 0 Å². The molecule has 0 saturated carbocycles. The van der Waals surface area contributed by atoms with Gasteiger partial charge in [0.15, 0.2) is 0 Å². The average Bonchev–Trinajstić information content (AvgIpc) is 2.54. The summed E-state index contributed by atoms with van der Waals surface area (Å²) in [5.41, 5.74) is -1.85. The Labute approximate surface area is 151 Å². The van der Waals surface area contributed by atoms with Crippen LogP contribution in [0, 0.1) is 0 Å². The standard InChI is InChI=1S/C16H10Br2F6/c17-9-10-1-3-11(4-2-10)14(19,20)15(21,22)12-5-7-13(8-6-12)16(18,23)24/h1-8H,9H2. The van der Waals surface area contributed by atoms with E-state index in [1.807, 2.05) is 0 Å². The van der Waals surface area contributed by atoms with Crippen molar-refractivity contribution in [2.75, 3.05) is 0 Å². The van der Waals surface area contributed by atoms with Gasteiger partial charge in [0.25, 0.3) is 0 Å². The van der Waals surface area contributed by atoms with Crippen LogP contribution in [0.3, 0.4) is 0 Å². The second-order valence-corrected chi connectivity index (χ2v) is 6.61. The highest BCUT2D eigenvalue weighted by molar-refractivity contribution is 9.09. The first-order valence-corrected chi connectivity index (χ1v) is 8.50. The number of halogens is 8. The third-order valence-corrected chi connectivity index (χ3v) is 4.55. The van der Waals surface area contributed by atoms with Gasteiger partial charge in [-0.1, -0.05) is 64.5 Å². The lowest BCUT2D eigenvalue weighted by Crippen LogP contribution is -2.35. The first-order chi connectivity index (χ1) is 11.0. The fourth-order valence-corrected chi connectivity index (χ4v) is 2.67. The van der Waals surface area contributed by atoms with Crippen molar-refractivity contribution in [3.8, 4) is 0 Å². The molecule has 0 saturated heterocycles. The summed E-state index contributed by atoms with van der Waals surface area (Å²) in [6.07, 6.45) is 0. The van der Waals surface area contributed by atoms with Gasteiger partial charge in [-0.3, -0.25) is 0 Å². The summed E-state index contributed by atoms with van der Waals surface area (Å²) in [5.74, 6) is -9.04. The van der Waals surface area contributed by atoms with Crippen LogP contribution in [0.5, 0.6) is 0 Å². The van der Waals surface area contributed by atoms with Crippen molar-refractivity contribution in [2.24, 2.45) is 0 Å². The fraction of sp³-hybridized carbons (Fsp3) is 0.250. The molecule has 0 aromatic heterocycles. The molecule has 0 bridgehead atoms. The zero-order valence-corrected chi connectivity index (χ0v) is 15.0. The molecule has 0 atom stereocenters. The van der Waals surface area contributed by atoms with Crippen LogP contribution in [0.25, 0.3) is 0 Å². The lowest BCUT2D eigenvalue weighted by molar-refractivity contribution is -0.223. The Balaban J connectivity index is 2.39. The van der Waals surface area contributed by atoms with Crippen LogP contribution in [-0.4, -0.2) is 0 Å². The highest BCUT2D eigenvalue weighted by atomic mass is 79.9. The van der Waals surface area contributed by atoms with Crippen molar-refractivity contribution in [1.82, 2.24) is 0 Å². The van der Waals surface area contributed by atoms with Crippen molar-refractivity contribution in [3.05, 3.63) is 70.8 Å². The third-order valence-electron chi connectivity index (χ3n) is 3.44. The Morgan fingerprint density at radius 3 is 1.29 bits per heavy atom. The second-order valence-electron chi connectivity index (χ2n) is 5.05. The quantitative estimate of drug-likeness (QED) is 0.325. The van der Waals surface area contributed by atoms with E-state index in [0.29, 0.717) is 35.2 Å². The topological polar surface area (TPSA) is 0 Å². The van der Waals surface area contributed by atoms with Gasteiger partial charge < -0.3 is 0 Å². The van der Waals surface area contributed by atoms with Crippen LogP contribution in [0.1, 0.15) is 22.3 Å². The van der Waals surface area contributed by atoms with E-state index in [1.54, 1.807) is 0 Å². The summed E-state index contributed by atoms with van der Waals surface area (Å²) in [6.45, 7) is 0. The van der Waals surface area contributed by atoms with E-state index >= 15 is 0 Å². The largest absolute Gasteiger partial charge is 0.339 e. The molecular formula is C16H10Br2F6. The molecule has 0 N–H and O–H groups in total. The number of benzene rings is 2. The first kappa shape index (κ1) is 19.3. The lowest BCUT2D eigenvalue weighted by atomic mass is 9.95. The molecule has 0 spiro atoms. The zero-order chi connectivity index (χ0) is 18.2. The van der Waals surface area contributed by atoms with Gasteiger partial charge in [0.1, 0.15) is 0 Å². The van der Waals surface area contributed by atoms with Crippen LogP contribution in [-0.2, 0) is 22.0 Å². The van der Waals surface area contributed by atoms with Gasteiger partial charge in [0, 0.05) is 22.0 Å². The normalized spacial score (nSPS) is 13.2. The second kappa shape index (κ2) is 6.71. The molecule has 24 heavy (non-hydrogen) atoms. The van der Waals surface area contributed by atoms with Gasteiger partial charge >= 0.3 is 16.7 Å². The molecule has 2 aromatic carbocycles. The summed E-state index contributed by atoms with van der Waals surface area (Å²) in [4.78, 5) is -3.42. The Morgan fingerprint density at radius 2 is 0.958 bits per heavy atom. The van der Waals surface area contributed by atoms with Gasteiger partial charge in [-0.05, 0) is 21.5 Å². The van der Waals surface area contributed by atoms with Crippen molar-refractivity contribution in [3.63, 3.8) is 0 Å². The fourth-order valence-electron chi connectivity index (χ4n) is 2.03. The molecule has 2 rings (SSSR count). The van der Waals surface area contributed by atoms with Gasteiger partial charge in [0.05, 0.1) is 0 Å². The molecule has 0 fully saturated rings. The minimum atomic E-state index is -4.55. The SMILES string of the molecule is FC(F)(Br)c1ccc(C(F)(F)C(F)(F)c2ccc(CBr)cc2)cc1. The van der Waals surface area contributed by atoms with Gasteiger partial charge in [-0.25, -0.2) is 0 Å². The van der Waals surface area contributed by atoms with Crippen LogP contribution in [0.4, 0.5) is 26.3 Å². The summed E-state index contributed by atoms with van der Waals surface area (Å²) in [5, 5.41) is 0.400. The maximum atomic E-state index is 14.3. The average molecular weight is 476 g/mol. The predicted molar refractivity (Wildman–Crippen MR) is 86.1 cm³/mol. The van der Waals surface area contributed by atoms with E-state index in [4.69, 9.17) is 0 Å². The Kier molecular flexibility index (Phi) is 5.40. The third kappa shape index (κ3) is 3.64. The Morgan fingerprint density at radius 1 is 0.625 bits per heavy atom.